The highest BCUT2D eigenvalue weighted by Gasteiger charge is 2.35. The standard InChI is InChI=1S/C12H18O6/c1-8(2)11(14)18-9(3)17-10(13)7-12(4)15-5-6-16-12/h9H,1,5-7H2,2-4H3. The lowest BCUT2D eigenvalue weighted by Crippen LogP contribution is -2.32. The van der Waals surface area contributed by atoms with Gasteiger partial charge in [-0.15, -0.1) is 0 Å². The third kappa shape index (κ3) is 4.46. The van der Waals surface area contributed by atoms with Gasteiger partial charge >= 0.3 is 11.9 Å². The van der Waals surface area contributed by atoms with Crippen molar-refractivity contribution in [3.05, 3.63) is 12.2 Å². The molecule has 0 amide bonds. The Labute approximate surface area is 106 Å². The highest BCUT2D eigenvalue weighted by Crippen LogP contribution is 2.23. The number of hydrogen-bond donors (Lipinski definition) is 0. The van der Waals surface area contributed by atoms with Gasteiger partial charge in [-0.2, -0.15) is 0 Å². The molecule has 0 aromatic carbocycles. The lowest BCUT2D eigenvalue weighted by molar-refractivity contribution is -0.196. The van der Waals surface area contributed by atoms with Crippen molar-refractivity contribution in [2.75, 3.05) is 13.2 Å². The van der Waals surface area contributed by atoms with Crippen LogP contribution in [0.25, 0.3) is 0 Å². The van der Waals surface area contributed by atoms with Crippen LogP contribution in [0.2, 0.25) is 0 Å². The highest BCUT2D eigenvalue weighted by molar-refractivity contribution is 5.87. The lowest BCUT2D eigenvalue weighted by atomic mass is 10.2. The van der Waals surface area contributed by atoms with Crippen LogP contribution in [0.4, 0.5) is 0 Å². The summed E-state index contributed by atoms with van der Waals surface area (Å²) in [5.74, 6) is -2.11. The quantitative estimate of drug-likeness (QED) is 0.418. The summed E-state index contributed by atoms with van der Waals surface area (Å²) >= 11 is 0. The summed E-state index contributed by atoms with van der Waals surface area (Å²) in [6.45, 7) is 8.95. The topological polar surface area (TPSA) is 71.1 Å². The molecule has 0 aromatic rings. The van der Waals surface area contributed by atoms with Crippen molar-refractivity contribution in [3.63, 3.8) is 0 Å². The Bertz CT molecular complexity index is 342. The summed E-state index contributed by atoms with van der Waals surface area (Å²) in [5.41, 5.74) is 0.243. The van der Waals surface area contributed by atoms with Gasteiger partial charge in [0.25, 0.3) is 0 Å². The lowest BCUT2D eigenvalue weighted by Gasteiger charge is -2.22. The molecule has 6 nitrogen and oxygen atoms in total. The van der Waals surface area contributed by atoms with E-state index < -0.39 is 24.0 Å². The number of hydrogen-bond acceptors (Lipinski definition) is 6. The first-order chi connectivity index (χ1) is 8.32. The molecule has 102 valence electrons. The molecule has 1 fully saturated rings. The van der Waals surface area contributed by atoms with E-state index in [0.717, 1.165) is 0 Å². The fourth-order valence-corrected chi connectivity index (χ4v) is 1.42. The van der Waals surface area contributed by atoms with Crippen molar-refractivity contribution in [3.8, 4) is 0 Å². The van der Waals surface area contributed by atoms with E-state index in [1.54, 1.807) is 6.92 Å². The summed E-state index contributed by atoms with van der Waals surface area (Å²) in [6.07, 6.45) is -1.02. The molecule has 1 aliphatic rings. The van der Waals surface area contributed by atoms with Gasteiger partial charge in [0.1, 0.15) is 0 Å². The van der Waals surface area contributed by atoms with Crippen LogP contribution in [-0.2, 0) is 28.5 Å². The number of rotatable bonds is 5. The Balaban J connectivity index is 2.35. The first kappa shape index (κ1) is 14.7. The minimum absolute atomic E-state index is 0.0536. The maximum absolute atomic E-state index is 11.6. The molecule has 1 unspecified atom stereocenters. The molecule has 1 saturated heterocycles. The molecule has 1 atom stereocenters. The van der Waals surface area contributed by atoms with Gasteiger partial charge in [-0.25, -0.2) is 4.79 Å². The molecule has 6 heteroatoms. The van der Waals surface area contributed by atoms with Crippen LogP contribution in [-0.4, -0.2) is 37.2 Å². The zero-order valence-electron chi connectivity index (χ0n) is 10.9. The van der Waals surface area contributed by atoms with Crippen molar-refractivity contribution in [1.82, 2.24) is 0 Å². The Morgan fingerprint density at radius 1 is 1.33 bits per heavy atom. The second kappa shape index (κ2) is 5.97. The smallest absolute Gasteiger partial charge is 0.336 e. The van der Waals surface area contributed by atoms with E-state index in [1.807, 2.05) is 0 Å². The summed E-state index contributed by atoms with van der Waals surface area (Å²) in [4.78, 5) is 22.7. The van der Waals surface area contributed by atoms with Gasteiger partial charge in [0.2, 0.25) is 6.29 Å². The monoisotopic (exact) mass is 258 g/mol. The first-order valence-electron chi connectivity index (χ1n) is 5.66. The molecule has 1 rings (SSSR count). The van der Waals surface area contributed by atoms with Crippen LogP contribution < -0.4 is 0 Å². The number of carbonyl (C=O) groups is 2. The second-order valence-corrected chi connectivity index (χ2v) is 4.25. The zero-order chi connectivity index (χ0) is 13.8. The largest absolute Gasteiger partial charge is 0.425 e. The SMILES string of the molecule is C=C(C)C(=O)OC(C)OC(=O)CC1(C)OCCO1. The molecule has 0 spiro atoms. The third-order valence-corrected chi connectivity index (χ3v) is 2.28. The van der Waals surface area contributed by atoms with Crippen LogP contribution in [0.15, 0.2) is 12.2 Å². The zero-order valence-corrected chi connectivity index (χ0v) is 10.9. The molecule has 0 aliphatic carbocycles. The molecule has 0 bridgehead atoms. The van der Waals surface area contributed by atoms with Crippen molar-refractivity contribution >= 4 is 11.9 Å². The minimum atomic E-state index is -0.966. The van der Waals surface area contributed by atoms with Crippen LogP contribution in [0.3, 0.4) is 0 Å². The van der Waals surface area contributed by atoms with Crippen LogP contribution in [0.1, 0.15) is 27.2 Å². The molecular weight excluding hydrogens is 240 g/mol. The predicted octanol–water partition coefficient (Wildman–Crippen LogP) is 1.15. The second-order valence-electron chi connectivity index (χ2n) is 4.25. The van der Waals surface area contributed by atoms with Gasteiger partial charge in [0, 0.05) is 12.5 Å². The van der Waals surface area contributed by atoms with E-state index >= 15 is 0 Å². The Morgan fingerprint density at radius 3 is 2.39 bits per heavy atom. The molecule has 0 saturated carbocycles. The summed E-state index contributed by atoms with van der Waals surface area (Å²) < 4.78 is 20.3. The molecule has 1 heterocycles. The first-order valence-corrected chi connectivity index (χ1v) is 5.66. The summed E-state index contributed by atoms with van der Waals surface area (Å²) in [5, 5.41) is 0. The van der Waals surface area contributed by atoms with Crippen molar-refractivity contribution in [2.24, 2.45) is 0 Å². The maximum atomic E-state index is 11.6. The van der Waals surface area contributed by atoms with Gasteiger partial charge in [-0.05, 0) is 13.8 Å². The summed E-state index contributed by atoms with van der Waals surface area (Å²) in [7, 11) is 0. The van der Waals surface area contributed by atoms with Crippen molar-refractivity contribution < 1.29 is 28.5 Å². The van der Waals surface area contributed by atoms with Crippen molar-refractivity contribution in [2.45, 2.75) is 39.3 Å². The normalized spacial score (nSPS) is 19.1. The van der Waals surface area contributed by atoms with Gasteiger partial charge in [-0.3, -0.25) is 4.79 Å². The Hall–Kier alpha value is -1.40. The molecule has 0 N–H and O–H groups in total. The predicted molar refractivity (Wildman–Crippen MR) is 61.4 cm³/mol. The fourth-order valence-electron chi connectivity index (χ4n) is 1.42. The molecular formula is C12H18O6. The molecule has 0 aromatic heterocycles. The van der Waals surface area contributed by atoms with E-state index in [0.29, 0.717) is 13.2 Å². The summed E-state index contributed by atoms with van der Waals surface area (Å²) in [6, 6.07) is 0. The van der Waals surface area contributed by atoms with Crippen LogP contribution >= 0.6 is 0 Å². The molecule has 1 aliphatic heterocycles. The Morgan fingerprint density at radius 2 is 1.89 bits per heavy atom. The van der Waals surface area contributed by atoms with Crippen LogP contribution in [0.5, 0.6) is 0 Å². The molecule has 0 radical (unpaired) electrons. The fraction of sp³-hybridized carbons (Fsp3) is 0.667. The van der Waals surface area contributed by atoms with Gasteiger partial charge < -0.3 is 18.9 Å². The van der Waals surface area contributed by atoms with Crippen molar-refractivity contribution in [1.29, 1.82) is 0 Å². The average Bonchev–Trinajstić information content (AvgIpc) is 2.63. The van der Waals surface area contributed by atoms with E-state index in [-0.39, 0.29) is 12.0 Å². The van der Waals surface area contributed by atoms with E-state index in [1.165, 1.54) is 13.8 Å². The highest BCUT2D eigenvalue weighted by atomic mass is 16.7. The number of carbonyl (C=O) groups excluding carboxylic acids is 2. The third-order valence-electron chi connectivity index (χ3n) is 2.28. The number of esters is 2. The Kier molecular flexibility index (Phi) is 4.86. The van der Waals surface area contributed by atoms with Gasteiger partial charge in [-0.1, -0.05) is 6.58 Å². The minimum Gasteiger partial charge on any atom is -0.425 e. The average molecular weight is 258 g/mol. The van der Waals surface area contributed by atoms with Gasteiger partial charge in [0.15, 0.2) is 5.79 Å². The van der Waals surface area contributed by atoms with Gasteiger partial charge in [0.05, 0.1) is 19.6 Å². The van der Waals surface area contributed by atoms with Crippen LogP contribution in [0, 0.1) is 0 Å². The van der Waals surface area contributed by atoms with E-state index in [2.05, 4.69) is 6.58 Å². The van der Waals surface area contributed by atoms with E-state index in [9.17, 15) is 9.59 Å². The maximum Gasteiger partial charge on any atom is 0.336 e. The number of ether oxygens (including phenoxy) is 4. The van der Waals surface area contributed by atoms with E-state index in [4.69, 9.17) is 18.9 Å². The molecule has 18 heavy (non-hydrogen) atoms.